The summed E-state index contributed by atoms with van der Waals surface area (Å²) in [5.41, 5.74) is 4.33. The minimum atomic E-state index is -2.24. The summed E-state index contributed by atoms with van der Waals surface area (Å²) in [6.07, 6.45) is 3.20. The Labute approximate surface area is 161 Å². The number of nitrogens with zero attached hydrogens (tertiary/aromatic N) is 1. The van der Waals surface area contributed by atoms with E-state index in [1.165, 1.54) is 5.56 Å². The maximum atomic E-state index is 8.87. The summed E-state index contributed by atoms with van der Waals surface area (Å²) in [6, 6.07) is 18.5. The van der Waals surface area contributed by atoms with Crippen LogP contribution in [0.3, 0.4) is 0 Å². The minimum Gasteiger partial charge on any atom is -0.391 e. The predicted molar refractivity (Wildman–Crippen MR) is 107 cm³/mol. The second-order valence-corrected chi connectivity index (χ2v) is 7.75. The molecule has 0 radical (unpaired) electrons. The number of rotatable bonds is 8. The van der Waals surface area contributed by atoms with E-state index >= 15 is 0 Å². The fraction of sp³-hybridized carbons (Fsp3) is 0.381. The van der Waals surface area contributed by atoms with Crippen molar-refractivity contribution in [3.63, 3.8) is 0 Å². The Morgan fingerprint density at radius 3 is 2.52 bits per heavy atom. The van der Waals surface area contributed by atoms with Gasteiger partial charge in [0.1, 0.15) is 6.61 Å². The van der Waals surface area contributed by atoms with Crippen molar-refractivity contribution in [1.82, 2.24) is 0 Å². The second-order valence-electron chi connectivity index (χ2n) is 6.98. The summed E-state index contributed by atoms with van der Waals surface area (Å²) < 4.78 is 4.97. The topological polar surface area (TPSA) is 71.3 Å². The molecule has 0 aromatic heterocycles. The molecule has 0 spiro atoms. The molecule has 0 bridgehead atoms. The number of hydrogen-bond acceptors (Lipinski definition) is 5. The molecule has 6 heteroatoms. The number of oxime groups is 1. The Bertz CT molecular complexity index is 734. The van der Waals surface area contributed by atoms with Crippen LogP contribution in [0.1, 0.15) is 48.8 Å². The SMILES string of the molecule is C/C(=N\OCc1ccc(C2CCC(COP(O)O)C2)cc1)c1ccccc1. The highest BCUT2D eigenvalue weighted by Crippen LogP contribution is 2.40. The van der Waals surface area contributed by atoms with Crippen LogP contribution in [-0.2, 0) is 16.0 Å². The van der Waals surface area contributed by atoms with Crippen molar-refractivity contribution >= 4 is 14.3 Å². The van der Waals surface area contributed by atoms with Crippen molar-refractivity contribution in [2.75, 3.05) is 6.61 Å². The molecule has 0 amide bonds. The molecule has 2 aromatic rings. The van der Waals surface area contributed by atoms with Crippen LogP contribution in [0, 0.1) is 5.92 Å². The van der Waals surface area contributed by atoms with Crippen LogP contribution < -0.4 is 0 Å². The average Bonchev–Trinajstić information content (AvgIpc) is 3.16. The van der Waals surface area contributed by atoms with Gasteiger partial charge < -0.3 is 19.1 Å². The maximum absolute atomic E-state index is 8.87. The number of benzene rings is 2. The van der Waals surface area contributed by atoms with Crippen molar-refractivity contribution < 1.29 is 19.1 Å². The highest BCUT2D eigenvalue weighted by Gasteiger charge is 2.26. The zero-order valence-corrected chi connectivity index (χ0v) is 16.4. The van der Waals surface area contributed by atoms with Gasteiger partial charge in [-0.05, 0) is 54.7 Å². The molecule has 1 fully saturated rings. The van der Waals surface area contributed by atoms with Crippen LogP contribution in [0.5, 0.6) is 0 Å². The third-order valence-corrected chi connectivity index (χ3v) is 5.42. The lowest BCUT2D eigenvalue weighted by Crippen LogP contribution is -2.03. The third-order valence-electron chi connectivity index (χ3n) is 5.04. The minimum absolute atomic E-state index is 0.401. The van der Waals surface area contributed by atoms with Crippen molar-refractivity contribution in [3.05, 3.63) is 71.3 Å². The molecule has 3 rings (SSSR count). The Hall–Kier alpha value is -1.78. The molecule has 2 unspecified atom stereocenters. The molecule has 2 aromatic carbocycles. The van der Waals surface area contributed by atoms with E-state index in [1.807, 2.05) is 37.3 Å². The first-order chi connectivity index (χ1) is 13.1. The van der Waals surface area contributed by atoms with Crippen LogP contribution in [0.25, 0.3) is 0 Å². The van der Waals surface area contributed by atoms with Gasteiger partial charge >= 0.3 is 8.60 Å². The molecule has 1 aliphatic rings. The normalized spacial score (nSPS) is 20.2. The first-order valence-corrected chi connectivity index (χ1v) is 10.4. The standard InChI is InChI=1S/C21H26NO4P/c1-16(19-5-3-2-4-6-19)22-25-14-17-7-10-20(11-8-17)21-12-9-18(13-21)15-26-27(23)24/h2-8,10-11,18,21,23-24H,9,12-15H2,1H3/b22-16+. The van der Waals surface area contributed by atoms with Gasteiger partial charge in [-0.15, -0.1) is 0 Å². The molecular weight excluding hydrogens is 361 g/mol. The summed E-state index contributed by atoms with van der Waals surface area (Å²) in [5, 5.41) is 4.20. The fourth-order valence-corrected chi connectivity index (χ4v) is 3.87. The second kappa shape index (κ2) is 9.95. The molecule has 0 aliphatic heterocycles. The maximum Gasteiger partial charge on any atom is 0.327 e. The third kappa shape index (κ3) is 6.12. The monoisotopic (exact) mass is 387 g/mol. The van der Waals surface area contributed by atoms with Crippen molar-refractivity contribution in [2.24, 2.45) is 11.1 Å². The molecular formula is C21H26NO4P. The van der Waals surface area contributed by atoms with Gasteiger partial charge in [-0.3, -0.25) is 0 Å². The van der Waals surface area contributed by atoms with E-state index in [0.29, 0.717) is 25.0 Å². The lowest BCUT2D eigenvalue weighted by molar-refractivity contribution is 0.130. The van der Waals surface area contributed by atoms with Crippen LogP contribution >= 0.6 is 8.60 Å². The molecule has 2 atom stereocenters. The fourth-order valence-electron chi connectivity index (χ4n) is 3.52. The van der Waals surface area contributed by atoms with E-state index in [4.69, 9.17) is 19.1 Å². The first kappa shape index (κ1) is 20.0. The number of hydrogen-bond donors (Lipinski definition) is 2. The van der Waals surface area contributed by atoms with E-state index < -0.39 is 8.60 Å². The quantitative estimate of drug-likeness (QED) is 0.390. The lowest BCUT2D eigenvalue weighted by atomic mass is 9.95. The van der Waals surface area contributed by atoms with Crippen LogP contribution in [-0.4, -0.2) is 22.1 Å². The molecule has 144 valence electrons. The van der Waals surface area contributed by atoms with Gasteiger partial charge in [0.25, 0.3) is 0 Å². The van der Waals surface area contributed by atoms with Gasteiger partial charge in [0, 0.05) is 0 Å². The van der Waals surface area contributed by atoms with Crippen LogP contribution in [0.15, 0.2) is 59.8 Å². The largest absolute Gasteiger partial charge is 0.391 e. The zero-order chi connectivity index (χ0) is 19.1. The molecule has 0 heterocycles. The van der Waals surface area contributed by atoms with E-state index in [9.17, 15) is 0 Å². The predicted octanol–water partition coefficient (Wildman–Crippen LogP) is 4.74. The van der Waals surface area contributed by atoms with Gasteiger partial charge in [0.05, 0.1) is 12.3 Å². The molecule has 0 saturated heterocycles. The zero-order valence-electron chi connectivity index (χ0n) is 15.5. The van der Waals surface area contributed by atoms with Gasteiger partial charge in [-0.25, -0.2) is 0 Å². The molecule has 1 saturated carbocycles. The first-order valence-electron chi connectivity index (χ1n) is 9.23. The van der Waals surface area contributed by atoms with E-state index in [-0.39, 0.29) is 0 Å². The Kier molecular flexibility index (Phi) is 7.36. The lowest BCUT2D eigenvalue weighted by Gasteiger charge is -2.13. The average molecular weight is 387 g/mol. The van der Waals surface area contributed by atoms with Gasteiger partial charge in [0.15, 0.2) is 0 Å². The Morgan fingerprint density at radius 1 is 1.07 bits per heavy atom. The van der Waals surface area contributed by atoms with Crippen molar-refractivity contribution in [3.8, 4) is 0 Å². The molecule has 27 heavy (non-hydrogen) atoms. The Morgan fingerprint density at radius 2 is 1.81 bits per heavy atom. The van der Waals surface area contributed by atoms with Gasteiger partial charge in [0.2, 0.25) is 0 Å². The summed E-state index contributed by atoms with van der Waals surface area (Å²) in [7, 11) is -2.24. The Balaban J connectivity index is 1.48. The molecule has 2 N–H and O–H groups in total. The van der Waals surface area contributed by atoms with Crippen molar-refractivity contribution in [2.45, 2.75) is 38.7 Å². The molecule has 5 nitrogen and oxygen atoms in total. The molecule has 1 aliphatic carbocycles. The van der Waals surface area contributed by atoms with E-state index in [2.05, 4.69) is 29.4 Å². The summed E-state index contributed by atoms with van der Waals surface area (Å²) >= 11 is 0. The summed E-state index contributed by atoms with van der Waals surface area (Å²) in [4.78, 5) is 23.2. The van der Waals surface area contributed by atoms with Crippen LogP contribution in [0.2, 0.25) is 0 Å². The highest BCUT2D eigenvalue weighted by atomic mass is 31.2. The summed E-state index contributed by atoms with van der Waals surface area (Å²) in [6.45, 7) is 2.82. The van der Waals surface area contributed by atoms with Crippen molar-refractivity contribution in [1.29, 1.82) is 0 Å². The van der Waals surface area contributed by atoms with Gasteiger partial charge in [-0.2, -0.15) is 0 Å². The highest BCUT2D eigenvalue weighted by molar-refractivity contribution is 7.39. The summed E-state index contributed by atoms with van der Waals surface area (Å²) in [5.74, 6) is 0.910. The van der Waals surface area contributed by atoms with Crippen LogP contribution in [0.4, 0.5) is 0 Å². The van der Waals surface area contributed by atoms with Gasteiger partial charge in [-0.1, -0.05) is 59.8 Å². The van der Waals surface area contributed by atoms with E-state index in [1.54, 1.807) is 0 Å². The van der Waals surface area contributed by atoms with E-state index in [0.717, 1.165) is 36.1 Å². The smallest absolute Gasteiger partial charge is 0.327 e.